The van der Waals surface area contributed by atoms with Gasteiger partial charge in [0.2, 0.25) is 0 Å². The molecule has 1 unspecified atom stereocenters. The van der Waals surface area contributed by atoms with Gasteiger partial charge in [0, 0.05) is 29.0 Å². The van der Waals surface area contributed by atoms with E-state index in [2.05, 4.69) is 21.0 Å². The molecule has 3 nitrogen and oxygen atoms in total. The van der Waals surface area contributed by atoms with Crippen LogP contribution in [0.3, 0.4) is 0 Å². The third-order valence-corrected chi connectivity index (χ3v) is 4.40. The lowest BCUT2D eigenvalue weighted by molar-refractivity contribution is 0.554. The molecule has 1 aromatic heterocycles. The molecule has 0 aliphatic carbocycles. The van der Waals surface area contributed by atoms with Crippen LogP contribution < -0.4 is 5.73 Å². The highest BCUT2D eigenvalue weighted by molar-refractivity contribution is 9.10. The van der Waals surface area contributed by atoms with E-state index in [1.165, 1.54) is 6.07 Å². The number of nitrogens with two attached hydrogens (primary N) is 1. The quantitative estimate of drug-likeness (QED) is 0.849. The Kier molecular flexibility index (Phi) is 5.41. The summed E-state index contributed by atoms with van der Waals surface area (Å²) in [5, 5.41) is 5.10. The summed E-state index contributed by atoms with van der Waals surface area (Å²) in [6.45, 7) is 4.72. The van der Waals surface area contributed by atoms with Crippen LogP contribution in [0, 0.1) is 5.82 Å². The van der Waals surface area contributed by atoms with Crippen LogP contribution >= 0.6 is 27.5 Å². The van der Waals surface area contributed by atoms with Crippen molar-refractivity contribution in [3.05, 3.63) is 50.5 Å². The minimum atomic E-state index is -0.456. The normalized spacial score (nSPS) is 12.7. The maximum Gasteiger partial charge on any atom is 0.129 e. The Bertz CT molecular complexity index is 642. The third kappa shape index (κ3) is 3.47. The largest absolute Gasteiger partial charge is 0.324 e. The molecule has 1 aromatic carbocycles. The van der Waals surface area contributed by atoms with Crippen LogP contribution in [0.4, 0.5) is 4.39 Å². The Morgan fingerprint density at radius 1 is 1.43 bits per heavy atom. The molecule has 6 heteroatoms. The lowest BCUT2D eigenvalue weighted by atomic mass is 10.0. The van der Waals surface area contributed by atoms with Crippen molar-refractivity contribution in [2.75, 3.05) is 0 Å². The van der Waals surface area contributed by atoms with E-state index in [1.807, 2.05) is 18.5 Å². The van der Waals surface area contributed by atoms with Crippen molar-refractivity contribution in [1.29, 1.82) is 0 Å². The predicted molar refractivity (Wildman–Crippen MR) is 87.0 cm³/mol. The van der Waals surface area contributed by atoms with Gasteiger partial charge < -0.3 is 5.73 Å². The molecule has 0 spiro atoms. The Morgan fingerprint density at radius 2 is 2.14 bits per heavy atom. The fraction of sp³-hybridized carbons (Fsp3) is 0.400. The van der Waals surface area contributed by atoms with E-state index in [9.17, 15) is 4.39 Å². The number of hydrogen-bond acceptors (Lipinski definition) is 2. The maximum atomic E-state index is 14.0. The summed E-state index contributed by atoms with van der Waals surface area (Å²) in [6, 6.07) is 4.45. The Balaban J connectivity index is 2.31. The molecule has 0 fully saturated rings. The fourth-order valence-corrected chi connectivity index (χ4v) is 3.01. The third-order valence-electron chi connectivity index (χ3n) is 3.47. The van der Waals surface area contributed by atoms with Crippen LogP contribution in [-0.4, -0.2) is 9.78 Å². The lowest BCUT2D eigenvalue weighted by Crippen LogP contribution is -2.17. The van der Waals surface area contributed by atoms with E-state index in [1.54, 1.807) is 12.1 Å². The summed E-state index contributed by atoms with van der Waals surface area (Å²) in [7, 11) is 0. The molecule has 1 heterocycles. The summed E-state index contributed by atoms with van der Waals surface area (Å²) in [4.78, 5) is 0. The number of hydrogen-bond donors (Lipinski definition) is 1. The first-order chi connectivity index (χ1) is 9.97. The number of benzene rings is 1. The average molecular weight is 375 g/mol. The molecule has 0 radical (unpaired) electrons. The zero-order chi connectivity index (χ0) is 15.6. The second-order valence-electron chi connectivity index (χ2n) is 4.85. The highest BCUT2D eigenvalue weighted by atomic mass is 79.9. The van der Waals surface area contributed by atoms with Crippen molar-refractivity contribution in [2.45, 2.75) is 39.3 Å². The predicted octanol–water partition coefficient (Wildman–Crippen LogP) is 4.26. The topological polar surface area (TPSA) is 43.8 Å². The highest BCUT2D eigenvalue weighted by Crippen LogP contribution is 2.27. The van der Waals surface area contributed by atoms with E-state index < -0.39 is 6.04 Å². The van der Waals surface area contributed by atoms with E-state index in [4.69, 9.17) is 17.3 Å². The van der Waals surface area contributed by atoms with E-state index in [-0.39, 0.29) is 5.82 Å². The van der Waals surface area contributed by atoms with Crippen LogP contribution in [-0.2, 0) is 19.4 Å². The molecular weight excluding hydrogens is 357 g/mol. The SMILES string of the molecule is CCc1nn(CC)c(CC(N)c2ccc(Br)cc2F)c1Cl. The van der Waals surface area contributed by atoms with E-state index >= 15 is 0 Å². The zero-order valence-electron chi connectivity index (χ0n) is 12.0. The Hall–Kier alpha value is -0.910. The number of rotatable bonds is 5. The van der Waals surface area contributed by atoms with Crippen LogP contribution in [0.25, 0.3) is 0 Å². The lowest BCUT2D eigenvalue weighted by Gasteiger charge is -2.14. The molecule has 2 N–H and O–H groups in total. The number of nitrogens with zero attached hydrogens (tertiary/aromatic N) is 2. The van der Waals surface area contributed by atoms with Gasteiger partial charge in [-0.15, -0.1) is 0 Å². The Morgan fingerprint density at radius 3 is 2.71 bits per heavy atom. The van der Waals surface area contributed by atoms with Gasteiger partial charge in [0.1, 0.15) is 5.82 Å². The molecule has 0 aliphatic heterocycles. The molecule has 2 aromatic rings. The molecule has 0 saturated carbocycles. The second kappa shape index (κ2) is 6.90. The van der Waals surface area contributed by atoms with Crippen molar-refractivity contribution >= 4 is 27.5 Å². The number of halogens is 3. The summed E-state index contributed by atoms with van der Waals surface area (Å²) >= 11 is 9.61. The molecule has 0 bridgehead atoms. The van der Waals surface area contributed by atoms with Crippen LogP contribution in [0.1, 0.15) is 36.8 Å². The molecule has 2 rings (SSSR count). The maximum absolute atomic E-state index is 14.0. The van der Waals surface area contributed by atoms with Gasteiger partial charge in [-0.05, 0) is 25.5 Å². The highest BCUT2D eigenvalue weighted by Gasteiger charge is 2.19. The number of aryl methyl sites for hydroxylation is 2. The van der Waals surface area contributed by atoms with E-state index in [0.29, 0.717) is 28.0 Å². The minimum absolute atomic E-state index is 0.314. The van der Waals surface area contributed by atoms with Crippen LogP contribution in [0.15, 0.2) is 22.7 Å². The number of aromatic nitrogens is 2. The van der Waals surface area contributed by atoms with Gasteiger partial charge >= 0.3 is 0 Å². The van der Waals surface area contributed by atoms with Crippen LogP contribution in [0.2, 0.25) is 5.02 Å². The summed E-state index contributed by atoms with van der Waals surface area (Å²) < 4.78 is 16.5. The van der Waals surface area contributed by atoms with Crippen molar-refractivity contribution in [3.8, 4) is 0 Å². The van der Waals surface area contributed by atoms with Crippen LogP contribution in [0.5, 0.6) is 0 Å². The zero-order valence-corrected chi connectivity index (χ0v) is 14.4. The standard InChI is InChI=1S/C15H18BrClFN3/c1-3-13-15(17)14(21(4-2)20-13)8-12(19)10-6-5-9(16)7-11(10)18/h5-7,12H,3-4,8,19H2,1-2H3. The van der Waals surface area contributed by atoms with Crippen molar-refractivity contribution in [3.63, 3.8) is 0 Å². The fourth-order valence-electron chi connectivity index (χ4n) is 2.33. The van der Waals surface area contributed by atoms with Gasteiger partial charge in [-0.1, -0.05) is 40.5 Å². The monoisotopic (exact) mass is 373 g/mol. The Labute approximate surface area is 137 Å². The van der Waals surface area contributed by atoms with Crippen molar-refractivity contribution < 1.29 is 4.39 Å². The first-order valence-corrected chi connectivity index (χ1v) is 8.09. The molecular formula is C15H18BrClFN3. The first-order valence-electron chi connectivity index (χ1n) is 6.92. The van der Waals surface area contributed by atoms with Gasteiger partial charge in [-0.25, -0.2) is 4.39 Å². The molecule has 114 valence electrons. The summed E-state index contributed by atoms with van der Waals surface area (Å²) in [5.41, 5.74) is 8.37. The van der Waals surface area contributed by atoms with E-state index in [0.717, 1.165) is 17.8 Å². The van der Waals surface area contributed by atoms with Crippen molar-refractivity contribution in [1.82, 2.24) is 9.78 Å². The molecule has 0 amide bonds. The smallest absolute Gasteiger partial charge is 0.129 e. The molecule has 0 aliphatic rings. The van der Waals surface area contributed by atoms with Gasteiger partial charge in [0.15, 0.2) is 0 Å². The first kappa shape index (κ1) is 16.5. The van der Waals surface area contributed by atoms with Gasteiger partial charge in [-0.2, -0.15) is 5.10 Å². The summed E-state index contributed by atoms with van der Waals surface area (Å²) in [5.74, 6) is -0.314. The summed E-state index contributed by atoms with van der Waals surface area (Å²) in [6.07, 6.45) is 1.22. The molecule has 1 atom stereocenters. The second-order valence-corrected chi connectivity index (χ2v) is 6.15. The molecule has 0 saturated heterocycles. The minimum Gasteiger partial charge on any atom is -0.324 e. The molecule has 21 heavy (non-hydrogen) atoms. The van der Waals surface area contributed by atoms with Gasteiger partial charge in [0.25, 0.3) is 0 Å². The van der Waals surface area contributed by atoms with Crippen molar-refractivity contribution in [2.24, 2.45) is 5.73 Å². The van der Waals surface area contributed by atoms with Gasteiger partial charge in [-0.3, -0.25) is 4.68 Å². The average Bonchev–Trinajstić information content (AvgIpc) is 2.75. The van der Waals surface area contributed by atoms with Gasteiger partial charge in [0.05, 0.1) is 16.4 Å².